The number of esters is 1. The van der Waals surface area contributed by atoms with E-state index in [-0.39, 0.29) is 29.0 Å². The van der Waals surface area contributed by atoms with Gasteiger partial charge in [-0.3, -0.25) is 14.4 Å². The molecule has 2 heterocycles. The van der Waals surface area contributed by atoms with Crippen molar-refractivity contribution in [3.63, 3.8) is 0 Å². The zero-order valence-electron chi connectivity index (χ0n) is 17.5. The standard InChI is InChI=1S/C21H22N4O6S2/c22-33(29,30)13-5-3-4-12(10-13)23-17(26)11-31-18(27)9-8-16-24-20(28)19-14-6-1-2-7-15(14)32-21(19)25-16/h3-5,10H,1-2,6-9,11H2,(H,23,26)(H2,22,29,30)(H,24,25,28). The van der Waals surface area contributed by atoms with Gasteiger partial charge in [0.15, 0.2) is 6.61 Å². The number of nitrogens with one attached hydrogen (secondary N) is 2. The summed E-state index contributed by atoms with van der Waals surface area (Å²) in [5.74, 6) is -0.865. The molecule has 1 aliphatic carbocycles. The molecule has 1 aliphatic rings. The zero-order chi connectivity index (χ0) is 23.6. The molecular formula is C21H22N4O6S2. The molecule has 2 aromatic heterocycles. The summed E-state index contributed by atoms with van der Waals surface area (Å²) in [6, 6.07) is 5.41. The second-order valence-corrected chi connectivity index (χ2v) is 10.3. The van der Waals surface area contributed by atoms with E-state index in [4.69, 9.17) is 9.88 Å². The fraction of sp³-hybridized carbons (Fsp3) is 0.333. The van der Waals surface area contributed by atoms with Gasteiger partial charge in [0, 0.05) is 17.0 Å². The highest BCUT2D eigenvalue weighted by Crippen LogP contribution is 2.33. The maximum absolute atomic E-state index is 12.5. The number of fused-ring (bicyclic) bond motifs is 3. The number of carbonyl (C=O) groups excluding carboxylic acids is 2. The number of nitrogens with two attached hydrogens (primary N) is 1. The van der Waals surface area contributed by atoms with E-state index in [1.165, 1.54) is 40.5 Å². The molecule has 12 heteroatoms. The molecule has 0 radical (unpaired) electrons. The molecular weight excluding hydrogens is 468 g/mol. The summed E-state index contributed by atoms with van der Waals surface area (Å²) in [4.78, 5) is 45.6. The molecule has 0 saturated heterocycles. The Bertz CT molecular complexity index is 1390. The number of ether oxygens (including phenoxy) is 1. The summed E-state index contributed by atoms with van der Waals surface area (Å²) < 4.78 is 27.7. The summed E-state index contributed by atoms with van der Waals surface area (Å²) in [5, 5.41) is 8.16. The molecule has 4 rings (SSSR count). The minimum atomic E-state index is -3.91. The summed E-state index contributed by atoms with van der Waals surface area (Å²) in [5.41, 5.74) is 1.11. The van der Waals surface area contributed by atoms with Gasteiger partial charge in [-0.1, -0.05) is 6.07 Å². The van der Waals surface area contributed by atoms with Crippen LogP contribution in [0.1, 0.15) is 35.5 Å². The van der Waals surface area contributed by atoms with Crippen LogP contribution in [0.25, 0.3) is 10.2 Å². The number of hydrogen-bond acceptors (Lipinski definition) is 8. The molecule has 4 N–H and O–H groups in total. The van der Waals surface area contributed by atoms with Gasteiger partial charge in [-0.2, -0.15) is 0 Å². The van der Waals surface area contributed by atoms with Crippen molar-refractivity contribution < 1.29 is 22.7 Å². The highest BCUT2D eigenvalue weighted by atomic mass is 32.2. The van der Waals surface area contributed by atoms with E-state index < -0.39 is 28.5 Å². The average Bonchev–Trinajstić information content (AvgIpc) is 3.15. The van der Waals surface area contributed by atoms with Gasteiger partial charge >= 0.3 is 5.97 Å². The SMILES string of the molecule is NS(=O)(=O)c1cccc(NC(=O)COC(=O)CCc2nc3sc4c(c3c(=O)[nH]2)CCCC4)c1. The average molecular weight is 491 g/mol. The molecule has 0 atom stereocenters. The van der Waals surface area contributed by atoms with Crippen molar-refractivity contribution >= 4 is 49.1 Å². The molecule has 3 aromatic rings. The Hall–Kier alpha value is -3.09. The Balaban J connectivity index is 1.31. The molecule has 0 unspecified atom stereocenters. The van der Waals surface area contributed by atoms with Crippen LogP contribution in [0.5, 0.6) is 0 Å². The number of anilines is 1. The maximum Gasteiger partial charge on any atom is 0.306 e. The van der Waals surface area contributed by atoms with Crippen LogP contribution in [0.3, 0.4) is 0 Å². The molecule has 1 amide bonds. The first-order chi connectivity index (χ1) is 15.7. The largest absolute Gasteiger partial charge is 0.456 e. The monoisotopic (exact) mass is 490 g/mol. The number of amides is 1. The van der Waals surface area contributed by atoms with E-state index in [0.717, 1.165) is 31.2 Å². The molecule has 0 bridgehead atoms. The molecule has 0 fully saturated rings. The topological polar surface area (TPSA) is 161 Å². The van der Waals surface area contributed by atoms with Crippen molar-refractivity contribution in [3.05, 3.63) is 50.9 Å². The molecule has 0 aliphatic heterocycles. The van der Waals surface area contributed by atoms with Crippen LogP contribution < -0.4 is 16.0 Å². The van der Waals surface area contributed by atoms with Crippen LogP contribution in [0.15, 0.2) is 34.0 Å². The number of aromatic amines is 1. The van der Waals surface area contributed by atoms with Crippen molar-refractivity contribution in [1.29, 1.82) is 0 Å². The number of sulfonamides is 1. The van der Waals surface area contributed by atoms with Crippen molar-refractivity contribution in [1.82, 2.24) is 9.97 Å². The second-order valence-electron chi connectivity index (χ2n) is 7.69. The number of primary sulfonamides is 1. The lowest BCUT2D eigenvalue weighted by atomic mass is 9.97. The second kappa shape index (κ2) is 9.41. The van der Waals surface area contributed by atoms with Crippen LogP contribution in [0, 0.1) is 0 Å². The predicted octanol–water partition coefficient (Wildman–Crippen LogP) is 1.63. The lowest BCUT2D eigenvalue weighted by Crippen LogP contribution is -2.21. The summed E-state index contributed by atoms with van der Waals surface area (Å²) in [6.45, 7) is -0.543. The molecule has 10 nitrogen and oxygen atoms in total. The highest BCUT2D eigenvalue weighted by molar-refractivity contribution is 7.89. The predicted molar refractivity (Wildman–Crippen MR) is 123 cm³/mol. The number of benzene rings is 1. The van der Waals surface area contributed by atoms with Gasteiger partial charge in [-0.15, -0.1) is 11.3 Å². The van der Waals surface area contributed by atoms with Crippen molar-refractivity contribution in [2.24, 2.45) is 5.14 Å². The Morgan fingerprint density at radius 2 is 2.03 bits per heavy atom. The van der Waals surface area contributed by atoms with Crippen LogP contribution in [0.4, 0.5) is 5.69 Å². The van der Waals surface area contributed by atoms with Gasteiger partial charge < -0.3 is 15.0 Å². The van der Waals surface area contributed by atoms with Crippen LogP contribution in [-0.4, -0.2) is 36.9 Å². The van der Waals surface area contributed by atoms with Gasteiger partial charge in [-0.05, 0) is 49.4 Å². The van der Waals surface area contributed by atoms with Crippen molar-refractivity contribution in [2.45, 2.75) is 43.4 Å². The van der Waals surface area contributed by atoms with E-state index >= 15 is 0 Å². The first kappa shape index (κ1) is 23.1. The van der Waals surface area contributed by atoms with E-state index in [1.54, 1.807) is 0 Å². The number of rotatable bonds is 7. The number of nitrogens with zero attached hydrogens (tertiary/aromatic N) is 1. The first-order valence-electron chi connectivity index (χ1n) is 10.3. The molecule has 0 saturated carbocycles. The number of thiophene rings is 1. The Morgan fingerprint density at radius 1 is 1.24 bits per heavy atom. The number of H-pyrrole nitrogens is 1. The third kappa shape index (κ3) is 5.46. The molecule has 33 heavy (non-hydrogen) atoms. The minimum Gasteiger partial charge on any atom is -0.456 e. The first-order valence-corrected chi connectivity index (χ1v) is 12.7. The van der Waals surface area contributed by atoms with E-state index in [0.29, 0.717) is 16.0 Å². The third-order valence-corrected chi connectivity index (χ3v) is 7.35. The van der Waals surface area contributed by atoms with Gasteiger partial charge in [0.05, 0.1) is 16.7 Å². The van der Waals surface area contributed by atoms with E-state index in [2.05, 4.69) is 15.3 Å². The zero-order valence-corrected chi connectivity index (χ0v) is 19.2. The number of hydrogen-bond donors (Lipinski definition) is 3. The lowest BCUT2D eigenvalue weighted by molar-refractivity contribution is -0.147. The molecule has 1 aromatic carbocycles. The summed E-state index contributed by atoms with van der Waals surface area (Å²) in [6.07, 6.45) is 4.14. The Morgan fingerprint density at radius 3 is 2.82 bits per heavy atom. The number of aromatic nitrogens is 2. The van der Waals surface area contributed by atoms with Crippen LogP contribution in [-0.2, 0) is 43.6 Å². The fourth-order valence-corrected chi connectivity index (χ4v) is 5.55. The van der Waals surface area contributed by atoms with Crippen LogP contribution >= 0.6 is 11.3 Å². The van der Waals surface area contributed by atoms with E-state index in [1.807, 2.05) is 0 Å². The van der Waals surface area contributed by atoms with Gasteiger partial charge in [0.2, 0.25) is 10.0 Å². The quantitative estimate of drug-likeness (QED) is 0.424. The molecule has 174 valence electrons. The van der Waals surface area contributed by atoms with Crippen molar-refractivity contribution in [3.8, 4) is 0 Å². The minimum absolute atomic E-state index is 0.0618. The summed E-state index contributed by atoms with van der Waals surface area (Å²) in [7, 11) is -3.91. The lowest BCUT2D eigenvalue weighted by Gasteiger charge is -2.09. The maximum atomic E-state index is 12.5. The smallest absolute Gasteiger partial charge is 0.306 e. The molecule has 0 spiro atoms. The third-order valence-electron chi connectivity index (χ3n) is 5.25. The van der Waals surface area contributed by atoms with Gasteiger partial charge in [0.1, 0.15) is 10.7 Å². The van der Waals surface area contributed by atoms with Crippen LogP contribution in [0.2, 0.25) is 0 Å². The normalized spacial score (nSPS) is 13.5. The fourth-order valence-electron chi connectivity index (χ4n) is 3.71. The van der Waals surface area contributed by atoms with E-state index in [9.17, 15) is 22.8 Å². The Labute approximate surface area is 193 Å². The summed E-state index contributed by atoms with van der Waals surface area (Å²) >= 11 is 1.53. The number of carbonyl (C=O) groups is 2. The van der Waals surface area contributed by atoms with Gasteiger partial charge in [-0.25, -0.2) is 18.5 Å². The Kier molecular flexibility index (Phi) is 6.58. The highest BCUT2D eigenvalue weighted by Gasteiger charge is 2.20. The number of aryl methyl sites for hydroxylation is 3. The van der Waals surface area contributed by atoms with Gasteiger partial charge in [0.25, 0.3) is 11.5 Å². The van der Waals surface area contributed by atoms with Crippen molar-refractivity contribution in [2.75, 3.05) is 11.9 Å².